The largest absolute Gasteiger partial charge is 0.263 e. The summed E-state index contributed by atoms with van der Waals surface area (Å²) < 4.78 is 32.7. The summed E-state index contributed by atoms with van der Waals surface area (Å²) in [5.74, 6) is 1.68. The molecule has 0 unspecified atom stereocenters. The van der Waals surface area contributed by atoms with Gasteiger partial charge in [-0.05, 0) is 13.8 Å². The van der Waals surface area contributed by atoms with Gasteiger partial charge in [0, 0.05) is 0 Å². The van der Waals surface area contributed by atoms with E-state index in [1.54, 1.807) is 0 Å². The monoisotopic (exact) mass is 197 g/mol. The first kappa shape index (κ1) is 11.3. The Morgan fingerprint density at radius 2 is 1.75 bits per heavy atom. The van der Waals surface area contributed by atoms with Crippen LogP contribution >= 0.6 is 0 Å². The predicted octanol–water partition coefficient (Wildman–Crippen LogP) is -3.70. The Hall–Kier alpha value is -0.730. The number of aromatic nitrogens is 3. The van der Waals surface area contributed by atoms with Crippen LogP contribution in [0.5, 0.6) is 0 Å². The van der Waals surface area contributed by atoms with Crippen LogP contribution in [0.15, 0.2) is 0 Å². The quantitative estimate of drug-likeness (QED) is 0.440. The lowest BCUT2D eigenvalue weighted by Gasteiger charge is -2.03. The number of nitrogens with one attached hydrogen (secondary N) is 1. The first-order valence-electron chi connectivity index (χ1n) is 2.78. The van der Waals surface area contributed by atoms with Gasteiger partial charge in [0.15, 0.2) is 0 Å². The van der Waals surface area contributed by atoms with Gasteiger partial charge in [0.1, 0.15) is 11.6 Å². The van der Waals surface area contributed by atoms with Crippen molar-refractivity contribution >= 4 is 0 Å². The zero-order chi connectivity index (χ0) is 9.78. The van der Waals surface area contributed by atoms with E-state index >= 15 is 0 Å². The number of rotatable bonds is 0. The topological polar surface area (TPSA) is 131 Å². The van der Waals surface area contributed by atoms with Crippen LogP contribution < -0.4 is 14.0 Å². The van der Waals surface area contributed by atoms with E-state index in [2.05, 4.69) is 15.2 Å². The van der Waals surface area contributed by atoms with Gasteiger partial charge in [0.2, 0.25) is 0 Å². The Balaban J connectivity index is 0.000000217. The molecule has 1 aromatic heterocycles. The minimum atomic E-state index is -4.69. The molecule has 0 spiro atoms. The number of halogens is 1. The molecule has 0 amide bonds. The van der Waals surface area contributed by atoms with Crippen LogP contribution in [-0.2, 0) is 0 Å². The van der Waals surface area contributed by atoms with E-state index in [4.69, 9.17) is 18.6 Å². The van der Waals surface area contributed by atoms with Crippen molar-refractivity contribution in [2.24, 2.45) is 0 Å². The van der Waals surface area contributed by atoms with Gasteiger partial charge in [-0.25, -0.2) is 4.98 Å². The minimum Gasteiger partial charge on any atom is -0.263 e. The van der Waals surface area contributed by atoms with Crippen LogP contribution in [0.2, 0.25) is 0 Å². The summed E-state index contributed by atoms with van der Waals surface area (Å²) in [5.41, 5.74) is 0. The third-order valence-electron chi connectivity index (χ3n) is 0.709. The Labute approximate surface area is 70.4 Å². The third-order valence-corrected chi connectivity index (χ3v) is 0.709. The van der Waals surface area contributed by atoms with Gasteiger partial charge < -0.3 is 0 Å². The molecular weight excluding hydrogens is 190 g/mol. The number of nitrogens with zero attached hydrogens (tertiary/aromatic N) is 2. The summed E-state index contributed by atoms with van der Waals surface area (Å²) in [6.07, 6.45) is 0. The van der Waals surface area contributed by atoms with Crippen molar-refractivity contribution in [2.45, 2.75) is 13.8 Å². The standard InChI is InChI=1S/C4H7N3.ClHO4/c1-3-5-4(2)7-6-3;2-1(3,4)5/h1-2H3,(H,5,6,7);(H,2,3,4,5). The molecule has 8 heteroatoms. The molecule has 1 aromatic rings. The van der Waals surface area contributed by atoms with Crippen LogP contribution in [0.4, 0.5) is 0 Å². The summed E-state index contributed by atoms with van der Waals surface area (Å²) in [6, 6.07) is 0. The van der Waals surface area contributed by atoms with Crippen molar-refractivity contribution in [2.75, 3.05) is 0 Å². The normalized spacial score (nSPS) is 10.5. The summed E-state index contributed by atoms with van der Waals surface area (Å²) in [6.45, 7) is 3.73. The van der Waals surface area contributed by atoms with Crippen LogP contribution in [0.3, 0.4) is 0 Å². The molecule has 1 heterocycles. The summed E-state index contributed by atoms with van der Waals surface area (Å²) in [5, 5.41) is 6.49. The van der Waals surface area contributed by atoms with Crippen LogP contribution in [0, 0.1) is 24.1 Å². The Kier molecular flexibility index (Phi) is 4.07. The van der Waals surface area contributed by atoms with Crippen LogP contribution in [-0.4, -0.2) is 19.8 Å². The maximum atomic E-state index is 8.60. The van der Waals surface area contributed by atoms with E-state index in [1.807, 2.05) is 13.8 Å². The summed E-state index contributed by atoms with van der Waals surface area (Å²) in [4.78, 5) is 3.94. The average Bonchev–Trinajstić information content (AvgIpc) is 2.09. The highest BCUT2D eigenvalue weighted by Crippen LogP contribution is 1.83. The number of hydrogen-bond acceptors (Lipinski definition) is 6. The lowest BCUT2D eigenvalue weighted by molar-refractivity contribution is -1.92. The van der Waals surface area contributed by atoms with Crippen molar-refractivity contribution in [3.8, 4) is 0 Å². The van der Waals surface area contributed by atoms with Gasteiger partial charge in [0.05, 0.1) is 14.9 Å². The second-order valence-corrected chi connectivity index (χ2v) is 2.66. The number of hydrogen-bond donors (Lipinski definition) is 2. The fourth-order valence-corrected chi connectivity index (χ4v) is 0.455. The fraction of sp³-hybridized carbons (Fsp3) is 0.500. The maximum Gasteiger partial charge on any atom is 0.147 e. The van der Waals surface area contributed by atoms with Gasteiger partial charge >= 0.3 is 0 Å². The molecule has 0 atom stereocenters. The molecular formula is C4H8ClN3O4. The molecule has 70 valence electrons. The number of H-pyrrole nitrogens is 1. The van der Waals surface area contributed by atoms with Gasteiger partial charge in [-0.2, -0.15) is 19.1 Å². The molecule has 2 N–H and O–H groups in total. The van der Waals surface area contributed by atoms with E-state index in [9.17, 15) is 0 Å². The molecule has 0 aliphatic carbocycles. The number of aromatic amines is 1. The lowest BCUT2D eigenvalue weighted by Crippen LogP contribution is -2.58. The molecule has 1 rings (SSSR count). The smallest absolute Gasteiger partial charge is 0.147 e. The molecule has 0 radical (unpaired) electrons. The highest BCUT2D eigenvalue weighted by Gasteiger charge is 1.98. The number of aryl methyl sites for hydroxylation is 2. The van der Waals surface area contributed by atoms with Crippen LogP contribution in [0.1, 0.15) is 11.6 Å². The zero-order valence-electron chi connectivity index (χ0n) is 6.44. The molecule has 7 nitrogen and oxygen atoms in total. The van der Waals surface area contributed by atoms with Crippen LogP contribution in [0.25, 0.3) is 0 Å². The highest BCUT2D eigenvalue weighted by molar-refractivity contribution is 4.82. The van der Waals surface area contributed by atoms with Crippen molar-refractivity contribution in [3.63, 3.8) is 0 Å². The molecule has 0 aliphatic heterocycles. The van der Waals surface area contributed by atoms with Crippen molar-refractivity contribution in [3.05, 3.63) is 11.6 Å². The lowest BCUT2D eigenvalue weighted by atomic mass is 10.7. The third kappa shape index (κ3) is 9.27. The van der Waals surface area contributed by atoms with Gasteiger partial charge in [-0.15, -0.1) is 0 Å². The van der Waals surface area contributed by atoms with Gasteiger partial charge in [0.25, 0.3) is 0 Å². The van der Waals surface area contributed by atoms with E-state index in [1.165, 1.54) is 0 Å². The Morgan fingerprint density at radius 1 is 1.33 bits per heavy atom. The molecule has 0 saturated heterocycles. The first-order chi connectivity index (χ1) is 5.29. The second kappa shape index (κ2) is 4.33. The Bertz CT molecular complexity index is 210. The van der Waals surface area contributed by atoms with Crippen molar-refractivity contribution in [1.29, 1.82) is 0 Å². The molecule has 0 aromatic carbocycles. The van der Waals surface area contributed by atoms with E-state index in [0.717, 1.165) is 11.6 Å². The Morgan fingerprint density at radius 3 is 1.83 bits per heavy atom. The minimum absolute atomic E-state index is 0.803. The first-order valence-corrected chi connectivity index (χ1v) is 4.04. The van der Waals surface area contributed by atoms with Gasteiger partial charge in [-0.1, -0.05) is 0 Å². The zero-order valence-corrected chi connectivity index (χ0v) is 7.20. The van der Waals surface area contributed by atoms with E-state index < -0.39 is 10.2 Å². The average molecular weight is 198 g/mol. The molecule has 0 fully saturated rings. The predicted molar refractivity (Wildman–Crippen MR) is 28.1 cm³/mol. The SMILES string of the molecule is Cc1n[nH]c(C)n1.[O-][Cl+3]([O-])([O-])O. The summed E-state index contributed by atoms with van der Waals surface area (Å²) in [7, 11) is -4.69. The molecule has 12 heavy (non-hydrogen) atoms. The van der Waals surface area contributed by atoms with E-state index in [-0.39, 0.29) is 0 Å². The van der Waals surface area contributed by atoms with E-state index in [0.29, 0.717) is 0 Å². The molecule has 0 saturated carbocycles. The van der Waals surface area contributed by atoms with Crippen molar-refractivity contribution in [1.82, 2.24) is 15.2 Å². The van der Waals surface area contributed by atoms with Gasteiger partial charge in [-0.3, -0.25) is 5.10 Å². The van der Waals surface area contributed by atoms with Crippen molar-refractivity contribution < 1.29 is 28.9 Å². The fourth-order valence-electron chi connectivity index (χ4n) is 0.455. The maximum absolute atomic E-state index is 8.60. The second-order valence-electron chi connectivity index (χ2n) is 1.86. The summed E-state index contributed by atoms with van der Waals surface area (Å²) >= 11 is 0. The molecule has 0 aliphatic rings. The highest BCUT2D eigenvalue weighted by atomic mass is 35.7. The molecule has 0 bridgehead atoms.